The molecule has 2 aromatic carbocycles. The number of nitrogens with one attached hydrogen (secondary N) is 1. The predicted octanol–water partition coefficient (Wildman–Crippen LogP) is 4.29. The molecule has 0 saturated heterocycles. The number of esters is 1. The van der Waals surface area contributed by atoms with Crippen molar-refractivity contribution in [1.29, 1.82) is 0 Å². The van der Waals surface area contributed by atoms with Crippen molar-refractivity contribution < 1.29 is 32.9 Å². The molecule has 1 heterocycles. The Labute approximate surface area is 189 Å². The highest BCUT2D eigenvalue weighted by Gasteiger charge is 2.24. The number of ether oxygens (including phenoxy) is 5. The van der Waals surface area contributed by atoms with Crippen molar-refractivity contribution in [2.45, 2.75) is 13.2 Å². The molecule has 0 amide bonds. The Bertz CT molecular complexity index is 1090. The number of methoxy groups -OCH3 is 4. The van der Waals surface area contributed by atoms with Crippen LogP contribution >= 0.6 is 11.5 Å². The minimum Gasteiger partial charge on any atom is -0.497 e. The van der Waals surface area contributed by atoms with Crippen molar-refractivity contribution in [2.75, 3.05) is 33.8 Å². The van der Waals surface area contributed by atoms with Gasteiger partial charge < -0.3 is 29.0 Å². The zero-order valence-electron chi connectivity index (χ0n) is 18.1. The topological polar surface area (TPSA) is 88.1 Å². The average molecular weight is 462 g/mol. The number of carbonyl (C=O) groups excluding carboxylic acids is 1. The zero-order valence-corrected chi connectivity index (χ0v) is 18.9. The van der Waals surface area contributed by atoms with E-state index in [-0.39, 0.29) is 23.6 Å². The summed E-state index contributed by atoms with van der Waals surface area (Å²) in [6.07, 6.45) is 0. The molecule has 3 aromatic rings. The van der Waals surface area contributed by atoms with Gasteiger partial charge in [-0.2, -0.15) is 4.37 Å². The Morgan fingerprint density at radius 1 is 1.00 bits per heavy atom. The van der Waals surface area contributed by atoms with Crippen molar-refractivity contribution in [2.24, 2.45) is 0 Å². The highest BCUT2D eigenvalue weighted by molar-refractivity contribution is 7.10. The molecular formula is C22H23FN2O6S. The molecule has 0 atom stereocenters. The summed E-state index contributed by atoms with van der Waals surface area (Å²) in [5.74, 6) is 0.764. The Balaban J connectivity index is 1.79. The molecule has 1 aromatic heterocycles. The van der Waals surface area contributed by atoms with E-state index in [0.29, 0.717) is 28.8 Å². The summed E-state index contributed by atoms with van der Waals surface area (Å²) in [7, 11) is 5.89. The first-order valence-electron chi connectivity index (χ1n) is 9.48. The molecule has 1 N–H and O–H groups in total. The van der Waals surface area contributed by atoms with Crippen LogP contribution in [0.5, 0.6) is 23.1 Å². The largest absolute Gasteiger partial charge is 0.497 e. The van der Waals surface area contributed by atoms with Gasteiger partial charge in [-0.15, -0.1) is 0 Å². The van der Waals surface area contributed by atoms with Crippen LogP contribution in [0.4, 0.5) is 9.39 Å². The van der Waals surface area contributed by atoms with Crippen LogP contribution in [0.15, 0.2) is 36.4 Å². The van der Waals surface area contributed by atoms with Crippen LogP contribution in [-0.2, 0) is 17.9 Å². The molecule has 0 bridgehead atoms. The lowest BCUT2D eigenvalue weighted by atomic mass is 10.2. The molecule has 32 heavy (non-hydrogen) atoms. The van der Waals surface area contributed by atoms with E-state index >= 15 is 0 Å². The fraction of sp³-hybridized carbons (Fsp3) is 0.273. The van der Waals surface area contributed by atoms with Gasteiger partial charge >= 0.3 is 5.97 Å². The van der Waals surface area contributed by atoms with Crippen molar-refractivity contribution in [3.05, 3.63) is 58.9 Å². The maximum Gasteiger partial charge on any atom is 0.346 e. The number of nitrogens with zero attached hydrogens (tertiary/aromatic N) is 1. The number of anilines is 1. The number of hydrogen-bond donors (Lipinski definition) is 1. The van der Waals surface area contributed by atoms with E-state index in [2.05, 4.69) is 9.69 Å². The Morgan fingerprint density at radius 2 is 1.72 bits per heavy atom. The van der Waals surface area contributed by atoms with E-state index in [9.17, 15) is 9.18 Å². The summed E-state index contributed by atoms with van der Waals surface area (Å²) >= 11 is 1.04. The van der Waals surface area contributed by atoms with Crippen LogP contribution in [0, 0.1) is 5.82 Å². The quantitative estimate of drug-likeness (QED) is 0.447. The van der Waals surface area contributed by atoms with Gasteiger partial charge in [0.15, 0.2) is 5.56 Å². The normalized spacial score (nSPS) is 10.4. The van der Waals surface area contributed by atoms with Crippen molar-refractivity contribution >= 4 is 22.5 Å². The summed E-state index contributed by atoms with van der Waals surface area (Å²) in [5.41, 5.74) is 1.25. The third-order valence-corrected chi connectivity index (χ3v) is 5.39. The van der Waals surface area contributed by atoms with Crippen molar-refractivity contribution in [3.63, 3.8) is 0 Å². The molecule has 0 unspecified atom stereocenters. The molecule has 0 aliphatic rings. The van der Waals surface area contributed by atoms with E-state index in [1.807, 2.05) is 12.1 Å². The fourth-order valence-corrected chi connectivity index (χ4v) is 3.60. The SMILES string of the molecule is COC(=O)c1c(OCc2cc(OC)ccc2F)nsc1NCc1ccc(OC)cc1OC. The summed E-state index contributed by atoms with van der Waals surface area (Å²) in [4.78, 5) is 12.4. The Morgan fingerprint density at radius 3 is 2.41 bits per heavy atom. The standard InChI is InChI=1S/C22H23FN2O6S/c1-27-15-7-8-17(23)14(9-15)12-31-20-19(22(26)30-4)21(32-25-20)24-11-13-5-6-16(28-2)10-18(13)29-3/h5-10,24H,11-12H2,1-4H3. The van der Waals surface area contributed by atoms with Crippen LogP contribution in [-0.4, -0.2) is 38.8 Å². The first kappa shape index (κ1) is 23.1. The van der Waals surface area contributed by atoms with Gasteiger partial charge in [0.2, 0.25) is 5.88 Å². The molecule has 0 spiro atoms. The lowest BCUT2D eigenvalue weighted by molar-refractivity contribution is 0.0596. The van der Waals surface area contributed by atoms with Crippen molar-refractivity contribution in [3.8, 4) is 23.1 Å². The number of halogens is 1. The molecule has 0 saturated carbocycles. The van der Waals surface area contributed by atoms with Crippen LogP contribution in [0.3, 0.4) is 0 Å². The lowest BCUT2D eigenvalue weighted by Gasteiger charge is -2.12. The van der Waals surface area contributed by atoms with Gasteiger partial charge in [0, 0.05) is 23.7 Å². The number of hydrogen-bond acceptors (Lipinski definition) is 9. The maximum absolute atomic E-state index is 14.1. The first-order valence-corrected chi connectivity index (χ1v) is 10.3. The summed E-state index contributed by atoms with van der Waals surface area (Å²) < 4.78 is 44.6. The van der Waals surface area contributed by atoms with Crippen LogP contribution in [0.25, 0.3) is 0 Å². The minimum atomic E-state index is -0.621. The number of carbonyl (C=O) groups is 1. The molecule has 0 fully saturated rings. The third kappa shape index (κ3) is 5.20. The van der Waals surface area contributed by atoms with Crippen LogP contribution in [0.1, 0.15) is 21.5 Å². The van der Waals surface area contributed by atoms with Gasteiger partial charge in [-0.1, -0.05) is 0 Å². The van der Waals surface area contributed by atoms with Gasteiger partial charge in [0.25, 0.3) is 0 Å². The second kappa shape index (κ2) is 10.7. The van der Waals surface area contributed by atoms with Gasteiger partial charge in [-0.05, 0) is 41.9 Å². The molecule has 3 rings (SSSR count). The monoisotopic (exact) mass is 462 g/mol. The second-order valence-corrected chi connectivity index (χ2v) is 7.23. The maximum atomic E-state index is 14.1. The molecule has 0 aliphatic heterocycles. The molecule has 0 radical (unpaired) electrons. The summed E-state index contributed by atoms with van der Waals surface area (Å²) in [5, 5.41) is 3.62. The lowest BCUT2D eigenvalue weighted by Crippen LogP contribution is -2.09. The zero-order chi connectivity index (χ0) is 23.1. The van der Waals surface area contributed by atoms with Crippen molar-refractivity contribution in [1.82, 2.24) is 4.37 Å². The van der Waals surface area contributed by atoms with Gasteiger partial charge in [0.05, 0.1) is 28.4 Å². The molecular weight excluding hydrogens is 439 g/mol. The van der Waals surface area contributed by atoms with Crippen LogP contribution < -0.4 is 24.3 Å². The molecule has 170 valence electrons. The van der Waals surface area contributed by atoms with Gasteiger partial charge in [-0.25, -0.2) is 9.18 Å². The first-order chi connectivity index (χ1) is 15.5. The van der Waals surface area contributed by atoms with Gasteiger partial charge in [-0.3, -0.25) is 0 Å². The number of benzene rings is 2. The van der Waals surface area contributed by atoms with E-state index in [1.54, 1.807) is 20.3 Å². The average Bonchev–Trinajstić information content (AvgIpc) is 3.24. The minimum absolute atomic E-state index is 0.0493. The Hall–Kier alpha value is -3.53. The smallest absolute Gasteiger partial charge is 0.346 e. The molecule has 8 nitrogen and oxygen atoms in total. The van der Waals surface area contributed by atoms with E-state index in [1.165, 1.54) is 32.4 Å². The summed E-state index contributed by atoms with van der Waals surface area (Å²) in [6, 6.07) is 9.75. The molecule has 0 aliphatic carbocycles. The highest BCUT2D eigenvalue weighted by Crippen LogP contribution is 2.33. The molecule has 10 heteroatoms. The van der Waals surface area contributed by atoms with E-state index in [4.69, 9.17) is 23.7 Å². The number of aromatic nitrogens is 1. The number of rotatable bonds is 10. The second-order valence-electron chi connectivity index (χ2n) is 6.46. The summed E-state index contributed by atoms with van der Waals surface area (Å²) in [6.45, 7) is 0.214. The van der Waals surface area contributed by atoms with Gasteiger partial charge in [0.1, 0.15) is 34.7 Å². The fourth-order valence-electron chi connectivity index (χ4n) is 2.88. The van der Waals surface area contributed by atoms with Crippen LogP contribution in [0.2, 0.25) is 0 Å². The third-order valence-electron chi connectivity index (χ3n) is 4.60. The highest BCUT2D eigenvalue weighted by atomic mass is 32.1. The van der Waals surface area contributed by atoms with E-state index < -0.39 is 11.8 Å². The predicted molar refractivity (Wildman–Crippen MR) is 118 cm³/mol. The Kier molecular flexibility index (Phi) is 7.72. The van der Waals surface area contributed by atoms with E-state index in [0.717, 1.165) is 17.1 Å².